The molecule has 2 N–H and O–H groups in total. The van der Waals surface area contributed by atoms with E-state index in [1.807, 2.05) is 27.7 Å². The molecule has 0 amide bonds. The normalized spacial score (nSPS) is 11.8. The quantitative estimate of drug-likeness (QED) is 0.613. The van der Waals surface area contributed by atoms with Gasteiger partial charge in [0, 0.05) is 5.41 Å². The monoisotopic (exact) mass is 340 g/mol. The van der Waals surface area contributed by atoms with E-state index in [2.05, 4.69) is 38.1 Å². The fourth-order valence-electron chi connectivity index (χ4n) is 3.73. The number of aryl methyl sites for hydroxylation is 4. The molecule has 0 aliphatic heterocycles. The Balaban J connectivity index is 2.62. The van der Waals surface area contributed by atoms with Crippen LogP contribution in [0.1, 0.15) is 72.9 Å². The van der Waals surface area contributed by atoms with Crippen molar-refractivity contribution in [3.05, 3.63) is 57.6 Å². The van der Waals surface area contributed by atoms with Gasteiger partial charge in [-0.25, -0.2) is 0 Å². The molecule has 0 unspecified atom stereocenters. The maximum Gasteiger partial charge on any atom is 0.121 e. The number of benzene rings is 2. The van der Waals surface area contributed by atoms with Crippen LogP contribution in [0.2, 0.25) is 0 Å². The van der Waals surface area contributed by atoms with E-state index in [0.717, 1.165) is 35.1 Å². The summed E-state index contributed by atoms with van der Waals surface area (Å²) < 4.78 is 0. The molecule has 2 nitrogen and oxygen atoms in total. The third-order valence-corrected chi connectivity index (χ3v) is 5.54. The molecule has 0 bridgehead atoms. The summed E-state index contributed by atoms with van der Waals surface area (Å²) in [7, 11) is 0. The van der Waals surface area contributed by atoms with E-state index in [1.54, 1.807) is 0 Å². The Morgan fingerprint density at radius 3 is 1.40 bits per heavy atom. The van der Waals surface area contributed by atoms with Crippen LogP contribution in [0.3, 0.4) is 0 Å². The maximum absolute atomic E-state index is 10.2. The molecule has 0 radical (unpaired) electrons. The van der Waals surface area contributed by atoms with Gasteiger partial charge in [0.1, 0.15) is 11.5 Å². The van der Waals surface area contributed by atoms with Crippen molar-refractivity contribution < 1.29 is 10.2 Å². The molecule has 0 atom stereocenters. The van der Waals surface area contributed by atoms with Crippen molar-refractivity contribution >= 4 is 0 Å². The third-order valence-electron chi connectivity index (χ3n) is 5.54. The SMILES string of the molecule is CCCCCC(C)(c1cc(C)c(O)c(C)c1)c1cc(C)c(O)c(C)c1. The topological polar surface area (TPSA) is 40.5 Å². The first-order valence-corrected chi connectivity index (χ1v) is 9.32. The predicted molar refractivity (Wildman–Crippen MR) is 106 cm³/mol. The van der Waals surface area contributed by atoms with Gasteiger partial charge in [-0.1, -0.05) is 57.4 Å². The number of aromatic hydroxyl groups is 2. The van der Waals surface area contributed by atoms with Crippen LogP contribution in [0.25, 0.3) is 0 Å². The third kappa shape index (κ3) is 3.84. The summed E-state index contributed by atoms with van der Waals surface area (Å²) in [6.07, 6.45) is 4.61. The molecule has 0 fully saturated rings. The maximum atomic E-state index is 10.2. The fraction of sp³-hybridized carbons (Fsp3) is 0.478. The molecule has 2 rings (SSSR count). The smallest absolute Gasteiger partial charge is 0.121 e. The average Bonchev–Trinajstić information content (AvgIpc) is 2.56. The minimum Gasteiger partial charge on any atom is -0.507 e. The Bertz CT molecular complexity index is 655. The van der Waals surface area contributed by atoms with Crippen molar-refractivity contribution in [1.82, 2.24) is 0 Å². The Morgan fingerprint density at radius 1 is 0.720 bits per heavy atom. The van der Waals surface area contributed by atoms with Gasteiger partial charge in [0.25, 0.3) is 0 Å². The molecule has 25 heavy (non-hydrogen) atoms. The molecule has 0 saturated carbocycles. The van der Waals surface area contributed by atoms with Crippen molar-refractivity contribution in [2.24, 2.45) is 0 Å². The van der Waals surface area contributed by atoms with Crippen LogP contribution in [0.5, 0.6) is 11.5 Å². The van der Waals surface area contributed by atoms with E-state index in [0.29, 0.717) is 11.5 Å². The van der Waals surface area contributed by atoms with Crippen LogP contribution in [-0.4, -0.2) is 10.2 Å². The van der Waals surface area contributed by atoms with Crippen molar-refractivity contribution in [3.63, 3.8) is 0 Å². The Hall–Kier alpha value is -1.96. The molecule has 136 valence electrons. The van der Waals surface area contributed by atoms with Crippen LogP contribution in [0.15, 0.2) is 24.3 Å². The second-order valence-electron chi connectivity index (χ2n) is 7.71. The van der Waals surface area contributed by atoms with Gasteiger partial charge in [0.2, 0.25) is 0 Å². The lowest BCUT2D eigenvalue weighted by Crippen LogP contribution is -2.24. The molecule has 2 aromatic carbocycles. The van der Waals surface area contributed by atoms with Crippen LogP contribution < -0.4 is 0 Å². The Labute approximate surface area is 152 Å². The minimum atomic E-state index is -0.137. The van der Waals surface area contributed by atoms with Gasteiger partial charge in [-0.2, -0.15) is 0 Å². The highest BCUT2D eigenvalue weighted by molar-refractivity contribution is 5.51. The zero-order valence-electron chi connectivity index (χ0n) is 16.5. The molecule has 0 saturated heterocycles. The second-order valence-corrected chi connectivity index (χ2v) is 7.71. The largest absolute Gasteiger partial charge is 0.507 e. The highest BCUT2D eigenvalue weighted by Gasteiger charge is 2.30. The lowest BCUT2D eigenvalue weighted by atomic mass is 9.71. The molecular weight excluding hydrogens is 308 g/mol. The second kappa shape index (κ2) is 7.51. The molecule has 2 aromatic rings. The summed E-state index contributed by atoms with van der Waals surface area (Å²) in [4.78, 5) is 0. The van der Waals surface area contributed by atoms with Gasteiger partial charge >= 0.3 is 0 Å². The van der Waals surface area contributed by atoms with E-state index in [9.17, 15) is 10.2 Å². The summed E-state index contributed by atoms with van der Waals surface area (Å²) in [5.74, 6) is 0.774. The summed E-state index contributed by atoms with van der Waals surface area (Å²) in [6.45, 7) is 12.4. The molecule has 0 aliphatic rings. The number of hydrogen-bond acceptors (Lipinski definition) is 2. The van der Waals surface area contributed by atoms with Crippen molar-refractivity contribution in [3.8, 4) is 11.5 Å². The molecule has 0 aliphatic carbocycles. The standard InChI is InChI=1S/C23H32O2/c1-7-8-9-10-23(6,19-11-15(2)21(24)16(3)12-19)20-13-17(4)22(25)18(5)14-20/h11-14,24-25H,7-10H2,1-6H3. The van der Waals surface area contributed by atoms with Crippen LogP contribution >= 0.6 is 0 Å². The lowest BCUT2D eigenvalue weighted by molar-refractivity contribution is 0.456. The van der Waals surface area contributed by atoms with Gasteiger partial charge in [0.15, 0.2) is 0 Å². The lowest BCUT2D eigenvalue weighted by Gasteiger charge is -2.33. The van der Waals surface area contributed by atoms with Crippen molar-refractivity contribution in [1.29, 1.82) is 0 Å². The summed E-state index contributed by atoms with van der Waals surface area (Å²) in [5.41, 5.74) is 6.02. The van der Waals surface area contributed by atoms with E-state index in [4.69, 9.17) is 0 Å². The molecule has 0 aromatic heterocycles. The van der Waals surface area contributed by atoms with E-state index in [-0.39, 0.29) is 5.41 Å². The van der Waals surface area contributed by atoms with Crippen LogP contribution in [-0.2, 0) is 5.41 Å². The molecule has 0 heterocycles. The highest BCUT2D eigenvalue weighted by Crippen LogP contribution is 2.41. The summed E-state index contributed by atoms with van der Waals surface area (Å²) in [6, 6.07) is 8.47. The van der Waals surface area contributed by atoms with E-state index >= 15 is 0 Å². The van der Waals surface area contributed by atoms with Crippen LogP contribution in [0, 0.1) is 27.7 Å². The number of phenols is 2. The minimum absolute atomic E-state index is 0.137. The number of hydrogen-bond donors (Lipinski definition) is 2. The molecule has 2 heteroatoms. The fourth-order valence-corrected chi connectivity index (χ4v) is 3.73. The zero-order chi connectivity index (χ0) is 18.8. The van der Waals surface area contributed by atoms with Gasteiger partial charge < -0.3 is 10.2 Å². The molecular formula is C23H32O2. The average molecular weight is 341 g/mol. The van der Waals surface area contributed by atoms with Crippen molar-refractivity contribution in [2.45, 2.75) is 72.6 Å². The van der Waals surface area contributed by atoms with E-state index < -0.39 is 0 Å². The first-order chi connectivity index (χ1) is 11.7. The molecule has 0 spiro atoms. The zero-order valence-corrected chi connectivity index (χ0v) is 16.5. The van der Waals surface area contributed by atoms with Gasteiger partial charge in [-0.3, -0.25) is 0 Å². The van der Waals surface area contributed by atoms with Crippen molar-refractivity contribution in [2.75, 3.05) is 0 Å². The first kappa shape index (κ1) is 19.4. The predicted octanol–water partition coefficient (Wildman–Crippen LogP) is 6.22. The number of phenolic OH excluding ortho intramolecular Hbond substituents is 2. The highest BCUT2D eigenvalue weighted by atomic mass is 16.3. The number of rotatable bonds is 6. The Morgan fingerprint density at radius 2 is 1.08 bits per heavy atom. The van der Waals surface area contributed by atoms with Crippen LogP contribution in [0.4, 0.5) is 0 Å². The summed E-state index contributed by atoms with van der Waals surface area (Å²) >= 11 is 0. The Kier molecular flexibility index (Phi) is 5.82. The summed E-state index contributed by atoms with van der Waals surface area (Å²) in [5, 5.41) is 20.3. The van der Waals surface area contributed by atoms with Gasteiger partial charge in [-0.05, 0) is 67.5 Å². The number of unbranched alkanes of at least 4 members (excludes halogenated alkanes) is 2. The van der Waals surface area contributed by atoms with E-state index in [1.165, 1.54) is 24.0 Å². The van der Waals surface area contributed by atoms with Gasteiger partial charge in [0.05, 0.1) is 0 Å². The van der Waals surface area contributed by atoms with Gasteiger partial charge in [-0.15, -0.1) is 0 Å². The first-order valence-electron chi connectivity index (χ1n) is 9.32.